The lowest BCUT2D eigenvalue weighted by Gasteiger charge is -2.21. The van der Waals surface area contributed by atoms with Crippen molar-refractivity contribution in [3.63, 3.8) is 0 Å². The fourth-order valence-corrected chi connectivity index (χ4v) is 0.844. The number of carbonyl (C=O) groups is 2. The Kier molecular flexibility index (Phi) is 4.56. The van der Waals surface area contributed by atoms with Crippen LogP contribution in [0.5, 0.6) is 0 Å². The molecule has 0 aromatic carbocycles. The van der Waals surface area contributed by atoms with E-state index in [1.807, 2.05) is 0 Å². The molecule has 0 aliphatic heterocycles. The molecular formula is C9H16O5. The zero-order valence-corrected chi connectivity index (χ0v) is 8.61. The van der Waals surface area contributed by atoms with Crippen LogP contribution in [-0.4, -0.2) is 34.4 Å². The smallest absolute Gasteiger partial charge is 0.320 e. The molecule has 0 aromatic rings. The van der Waals surface area contributed by atoms with Crippen LogP contribution in [0.25, 0.3) is 0 Å². The van der Waals surface area contributed by atoms with Crippen molar-refractivity contribution >= 4 is 11.9 Å². The van der Waals surface area contributed by atoms with Gasteiger partial charge >= 0.3 is 11.9 Å². The number of carboxylic acid groups (broad SMARTS) is 1. The molecule has 1 atom stereocenters. The summed E-state index contributed by atoms with van der Waals surface area (Å²) in [5, 5.41) is 17.2. The average molecular weight is 204 g/mol. The quantitative estimate of drug-likeness (QED) is 0.512. The molecule has 0 saturated heterocycles. The summed E-state index contributed by atoms with van der Waals surface area (Å²) >= 11 is 0. The van der Waals surface area contributed by atoms with Crippen LogP contribution in [-0.2, 0) is 14.3 Å². The molecule has 0 rings (SSSR count). The Morgan fingerprint density at radius 2 is 1.86 bits per heavy atom. The molecule has 0 aromatic heterocycles. The molecule has 0 aliphatic rings. The molecule has 0 fully saturated rings. The maximum Gasteiger partial charge on any atom is 0.320 e. The SMILES string of the molecule is CC(C)(C)OC(=O)C(CCO)C(=O)O. The molecule has 0 heterocycles. The largest absolute Gasteiger partial charge is 0.481 e. The van der Waals surface area contributed by atoms with Gasteiger partial charge in [-0.1, -0.05) is 0 Å². The fraction of sp³-hybridized carbons (Fsp3) is 0.778. The van der Waals surface area contributed by atoms with Gasteiger partial charge in [-0.25, -0.2) is 0 Å². The van der Waals surface area contributed by atoms with Crippen LogP contribution in [0.2, 0.25) is 0 Å². The second kappa shape index (κ2) is 4.95. The first-order valence-electron chi connectivity index (χ1n) is 4.34. The molecule has 0 radical (unpaired) electrons. The molecule has 5 heteroatoms. The molecule has 0 spiro atoms. The molecule has 0 aliphatic carbocycles. The summed E-state index contributed by atoms with van der Waals surface area (Å²) in [6.45, 7) is 4.62. The molecular weight excluding hydrogens is 188 g/mol. The number of rotatable bonds is 4. The van der Waals surface area contributed by atoms with E-state index < -0.39 is 23.5 Å². The number of carbonyl (C=O) groups excluding carboxylic acids is 1. The van der Waals surface area contributed by atoms with E-state index in [1.54, 1.807) is 20.8 Å². The van der Waals surface area contributed by atoms with E-state index in [9.17, 15) is 9.59 Å². The number of carboxylic acids is 1. The first-order valence-corrected chi connectivity index (χ1v) is 4.34. The number of aliphatic carboxylic acids is 1. The highest BCUT2D eigenvalue weighted by Crippen LogP contribution is 2.13. The predicted molar refractivity (Wildman–Crippen MR) is 48.7 cm³/mol. The standard InChI is InChI=1S/C9H16O5/c1-9(2,3)14-8(13)6(4-5-10)7(11)12/h6,10H,4-5H2,1-3H3,(H,11,12). The highest BCUT2D eigenvalue weighted by atomic mass is 16.6. The number of aliphatic hydroxyl groups is 1. The fourth-order valence-electron chi connectivity index (χ4n) is 0.844. The van der Waals surface area contributed by atoms with Crippen molar-refractivity contribution in [3.05, 3.63) is 0 Å². The minimum atomic E-state index is -1.28. The lowest BCUT2D eigenvalue weighted by atomic mass is 10.1. The second-order valence-corrected chi connectivity index (χ2v) is 3.94. The molecule has 82 valence electrons. The van der Waals surface area contributed by atoms with Crippen LogP contribution in [0.15, 0.2) is 0 Å². The van der Waals surface area contributed by atoms with Gasteiger partial charge in [-0.3, -0.25) is 9.59 Å². The van der Waals surface area contributed by atoms with Gasteiger partial charge in [0.1, 0.15) is 5.60 Å². The summed E-state index contributed by atoms with van der Waals surface area (Å²) in [5.74, 6) is -3.36. The molecule has 0 bridgehead atoms. The van der Waals surface area contributed by atoms with E-state index in [-0.39, 0.29) is 13.0 Å². The maximum absolute atomic E-state index is 11.3. The van der Waals surface area contributed by atoms with Crippen LogP contribution in [0, 0.1) is 5.92 Å². The molecule has 5 nitrogen and oxygen atoms in total. The van der Waals surface area contributed by atoms with Gasteiger partial charge in [0.05, 0.1) is 0 Å². The van der Waals surface area contributed by atoms with E-state index in [4.69, 9.17) is 14.9 Å². The zero-order valence-electron chi connectivity index (χ0n) is 8.61. The Hall–Kier alpha value is -1.10. The van der Waals surface area contributed by atoms with Gasteiger partial charge in [0.15, 0.2) is 5.92 Å². The Balaban J connectivity index is 4.38. The van der Waals surface area contributed by atoms with Crippen molar-refractivity contribution in [2.24, 2.45) is 5.92 Å². The van der Waals surface area contributed by atoms with Crippen molar-refractivity contribution in [2.45, 2.75) is 32.8 Å². The lowest BCUT2D eigenvalue weighted by Crippen LogP contribution is -2.33. The van der Waals surface area contributed by atoms with Crippen molar-refractivity contribution in [1.29, 1.82) is 0 Å². The first kappa shape index (κ1) is 12.9. The van der Waals surface area contributed by atoms with E-state index >= 15 is 0 Å². The van der Waals surface area contributed by atoms with Gasteiger partial charge < -0.3 is 14.9 Å². The van der Waals surface area contributed by atoms with Crippen LogP contribution in [0.1, 0.15) is 27.2 Å². The summed E-state index contributed by atoms with van der Waals surface area (Å²) in [5.41, 5.74) is -0.708. The highest BCUT2D eigenvalue weighted by molar-refractivity contribution is 5.94. The lowest BCUT2D eigenvalue weighted by molar-refractivity contribution is -0.167. The van der Waals surface area contributed by atoms with Gasteiger partial charge in [0.25, 0.3) is 0 Å². The summed E-state index contributed by atoms with van der Waals surface area (Å²) in [6.07, 6.45) is -0.121. The topological polar surface area (TPSA) is 83.8 Å². The molecule has 1 unspecified atom stereocenters. The van der Waals surface area contributed by atoms with Crippen molar-refractivity contribution < 1.29 is 24.5 Å². The maximum atomic E-state index is 11.3. The number of esters is 1. The van der Waals surface area contributed by atoms with Crippen LogP contribution >= 0.6 is 0 Å². The molecule has 0 amide bonds. The van der Waals surface area contributed by atoms with E-state index in [0.717, 1.165) is 0 Å². The number of hydrogen-bond acceptors (Lipinski definition) is 4. The van der Waals surface area contributed by atoms with E-state index in [2.05, 4.69) is 0 Å². The molecule has 2 N–H and O–H groups in total. The zero-order chi connectivity index (χ0) is 11.4. The van der Waals surface area contributed by atoms with Gasteiger partial charge in [0.2, 0.25) is 0 Å². The van der Waals surface area contributed by atoms with Gasteiger partial charge in [0, 0.05) is 6.61 Å². The van der Waals surface area contributed by atoms with Crippen LogP contribution < -0.4 is 0 Å². The van der Waals surface area contributed by atoms with Crippen molar-refractivity contribution in [3.8, 4) is 0 Å². The summed E-state index contributed by atoms with van der Waals surface area (Å²) in [6, 6.07) is 0. The number of ether oxygens (including phenoxy) is 1. The van der Waals surface area contributed by atoms with Crippen LogP contribution in [0.3, 0.4) is 0 Å². The summed E-state index contributed by atoms with van der Waals surface area (Å²) in [4.78, 5) is 21.9. The predicted octanol–water partition coefficient (Wildman–Crippen LogP) is 0.411. The van der Waals surface area contributed by atoms with Gasteiger partial charge in [-0.2, -0.15) is 0 Å². The minimum absolute atomic E-state index is 0.121. The highest BCUT2D eigenvalue weighted by Gasteiger charge is 2.30. The summed E-state index contributed by atoms with van der Waals surface area (Å²) < 4.78 is 4.88. The Labute approximate surface area is 82.7 Å². The van der Waals surface area contributed by atoms with Crippen molar-refractivity contribution in [1.82, 2.24) is 0 Å². The van der Waals surface area contributed by atoms with E-state index in [1.165, 1.54) is 0 Å². The monoisotopic (exact) mass is 204 g/mol. The Morgan fingerprint density at radius 3 is 2.14 bits per heavy atom. The number of aliphatic hydroxyl groups excluding tert-OH is 1. The molecule has 14 heavy (non-hydrogen) atoms. The third-order valence-electron chi connectivity index (χ3n) is 1.41. The third kappa shape index (κ3) is 4.81. The minimum Gasteiger partial charge on any atom is -0.481 e. The molecule has 0 saturated carbocycles. The van der Waals surface area contributed by atoms with Crippen LogP contribution in [0.4, 0.5) is 0 Å². The van der Waals surface area contributed by atoms with Crippen molar-refractivity contribution in [2.75, 3.05) is 6.61 Å². The normalized spacial score (nSPS) is 13.4. The Morgan fingerprint density at radius 1 is 1.36 bits per heavy atom. The van der Waals surface area contributed by atoms with E-state index in [0.29, 0.717) is 0 Å². The average Bonchev–Trinajstić information content (AvgIpc) is 1.95. The third-order valence-corrected chi connectivity index (χ3v) is 1.41. The second-order valence-electron chi connectivity index (χ2n) is 3.94. The van der Waals surface area contributed by atoms with Gasteiger partial charge in [-0.05, 0) is 27.2 Å². The summed E-state index contributed by atoms with van der Waals surface area (Å²) in [7, 11) is 0. The number of hydrogen-bond donors (Lipinski definition) is 2. The first-order chi connectivity index (χ1) is 6.28. The Bertz CT molecular complexity index is 216. The van der Waals surface area contributed by atoms with Gasteiger partial charge in [-0.15, -0.1) is 0 Å².